The van der Waals surface area contributed by atoms with Crippen LogP contribution in [0.2, 0.25) is 0 Å². The van der Waals surface area contributed by atoms with Gasteiger partial charge in [-0.15, -0.1) is 0 Å². The molecule has 23 heavy (non-hydrogen) atoms. The summed E-state index contributed by atoms with van der Waals surface area (Å²) in [5.41, 5.74) is 1.74. The summed E-state index contributed by atoms with van der Waals surface area (Å²) in [6.45, 7) is 4.53. The Balaban J connectivity index is 1.81. The maximum absolute atomic E-state index is 12.5. The molecule has 1 N–H and O–H groups in total. The van der Waals surface area contributed by atoms with Gasteiger partial charge in [-0.05, 0) is 13.8 Å². The quantitative estimate of drug-likeness (QED) is 0.782. The summed E-state index contributed by atoms with van der Waals surface area (Å²) in [4.78, 5) is 16.7. The van der Waals surface area contributed by atoms with E-state index in [9.17, 15) is 4.79 Å². The predicted octanol–water partition coefficient (Wildman–Crippen LogP) is 2.44. The second-order valence-electron chi connectivity index (χ2n) is 5.07. The molecule has 2 aromatic heterocycles. The van der Waals surface area contributed by atoms with Gasteiger partial charge in [0, 0.05) is 12.1 Å². The van der Waals surface area contributed by atoms with Crippen LogP contribution in [0.3, 0.4) is 0 Å². The van der Waals surface area contributed by atoms with Gasteiger partial charge in [0.25, 0.3) is 5.91 Å². The highest BCUT2D eigenvalue weighted by molar-refractivity contribution is 5.99. The summed E-state index contributed by atoms with van der Waals surface area (Å²) in [5, 5.41) is 11.0. The number of amides is 1. The predicted molar refractivity (Wildman–Crippen MR) is 83.5 cm³/mol. The molecule has 7 heteroatoms. The minimum absolute atomic E-state index is 0.261. The maximum Gasteiger partial charge on any atom is 0.257 e. The number of hydrogen-bond acceptors (Lipinski definition) is 5. The number of aryl methyl sites for hydroxylation is 1. The number of nitrogens with one attached hydrogen (secondary N) is 1. The van der Waals surface area contributed by atoms with Crippen LogP contribution in [0.15, 0.2) is 47.4 Å². The van der Waals surface area contributed by atoms with Crippen LogP contribution in [0.5, 0.6) is 0 Å². The van der Waals surface area contributed by atoms with Crippen LogP contribution in [0, 0.1) is 0 Å². The molecule has 118 valence electrons. The van der Waals surface area contributed by atoms with Crippen LogP contribution in [-0.4, -0.2) is 25.8 Å². The van der Waals surface area contributed by atoms with Crippen molar-refractivity contribution >= 4 is 5.91 Å². The van der Waals surface area contributed by atoms with E-state index in [2.05, 4.69) is 20.6 Å². The van der Waals surface area contributed by atoms with Gasteiger partial charge in [-0.2, -0.15) is 5.10 Å². The zero-order valence-corrected chi connectivity index (χ0v) is 12.9. The van der Waals surface area contributed by atoms with Crippen molar-refractivity contribution < 1.29 is 9.32 Å². The van der Waals surface area contributed by atoms with E-state index in [1.54, 1.807) is 4.68 Å². The van der Waals surface area contributed by atoms with Crippen molar-refractivity contribution in [2.24, 2.45) is 0 Å². The average Bonchev–Trinajstić information content (AvgIpc) is 3.24. The first-order valence-corrected chi connectivity index (χ1v) is 7.39. The molecule has 3 rings (SSSR count). The van der Waals surface area contributed by atoms with E-state index >= 15 is 0 Å². The van der Waals surface area contributed by atoms with Crippen LogP contribution in [0.4, 0.5) is 0 Å². The number of carbonyl (C=O) groups excluding carboxylic acids is 1. The zero-order chi connectivity index (χ0) is 16.2. The summed E-state index contributed by atoms with van der Waals surface area (Å²) in [5.74, 6) is 0.446. The van der Waals surface area contributed by atoms with Crippen molar-refractivity contribution in [3.63, 3.8) is 0 Å². The molecule has 0 saturated heterocycles. The highest BCUT2D eigenvalue weighted by Gasteiger charge is 2.21. The second-order valence-corrected chi connectivity index (χ2v) is 5.07. The number of aromatic nitrogens is 4. The standard InChI is InChI=1S/C16H17N5O2/c1-3-21-15(17-10-18-21)11(2)19-16(22)13-9-23-20-14(13)12-7-5-4-6-8-12/h4-11H,3H2,1-2H3,(H,19,22)/t11-/m0/s1. The molecule has 0 fully saturated rings. The summed E-state index contributed by atoms with van der Waals surface area (Å²) in [7, 11) is 0. The van der Waals surface area contributed by atoms with Crippen molar-refractivity contribution in [1.82, 2.24) is 25.2 Å². The molecular weight excluding hydrogens is 294 g/mol. The Morgan fingerprint density at radius 2 is 2.13 bits per heavy atom. The van der Waals surface area contributed by atoms with Crippen LogP contribution < -0.4 is 5.32 Å². The molecule has 0 unspecified atom stereocenters. The van der Waals surface area contributed by atoms with Crippen molar-refractivity contribution in [1.29, 1.82) is 0 Å². The van der Waals surface area contributed by atoms with Gasteiger partial charge < -0.3 is 9.84 Å². The molecule has 1 atom stereocenters. The number of carbonyl (C=O) groups is 1. The summed E-state index contributed by atoms with van der Waals surface area (Å²) in [6.07, 6.45) is 2.84. The lowest BCUT2D eigenvalue weighted by Gasteiger charge is -2.13. The van der Waals surface area contributed by atoms with E-state index < -0.39 is 0 Å². The topological polar surface area (TPSA) is 85.8 Å². The first-order valence-electron chi connectivity index (χ1n) is 7.39. The Labute approximate surface area is 133 Å². The largest absolute Gasteiger partial charge is 0.363 e. The molecule has 0 aliphatic heterocycles. The molecule has 7 nitrogen and oxygen atoms in total. The molecular formula is C16H17N5O2. The molecule has 3 aromatic rings. The molecule has 1 amide bonds. The van der Waals surface area contributed by atoms with E-state index in [-0.39, 0.29) is 11.9 Å². The lowest BCUT2D eigenvalue weighted by atomic mass is 10.1. The summed E-state index contributed by atoms with van der Waals surface area (Å²) < 4.78 is 6.74. The highest BCUT2D eigenvalue weighted by Crippen LogP contribution is 2.22. The number of nitrogens with zero attached hydrogens (tertiary/aromatic N) is 4. The molecule has 0 radical (unpaired) electrons. The molecule has 2 heterocycles. The van der Waals surface area contributed by atoms with E-state index in [0.717, 1.165) is 5.56 Å². The van der Waals surface area contributed by atoms with Gasteiger partial charge in [-0.25, -0.2) is 9.67 Å². The molecule has 0 aliphatic rings. The molecule has 0 bridgehead atoms. The van der Waals surface area contributed by atoms with E-state index in [1.807, 2.05) is 44.2 Å². The molecule has 0 spiro atoms. The van der Waals surface area contributed by atoms with Gasteiger partial charge in [-0.3, -0.25) is 4.79 Å². The Kier molecular flexibility index (Phi) is 4.18. The lowest BCUT2D eigenvalue weighted by molar-refractivity contribution is 0.0937. The third-order valence-corrected chi connectivity index (χ3v) is 3.54. The van der Waals surface area contributed by atoms with Gasteiger partial charge in [0.15, 0.2) is 0 Å². The summed E-state index contributed by atoms with van der Waals surface area (Å²) >= 11 is 0. The number of rotatable bonds is 5. The Bertz CT molecular complexity index is 794. The lowest BCUT2D eigenvalue weighted by Crippen LogP contribution is -2.29. The highest BCUT2D eigenvalue weighted by atomic mass is 16.5. The number of benzene rings is 1. The smallest absolute Gasteiger partial charge is 0.257 e. The Hall–Kier alpha value is -2.96. The minimum Gasteiger partial charge on any atom is -0.363 e. The van der Waals surface area contributed by atoms with Gasteiger partial charge in [0.2, 0.25) is 0 Å². The van der Waals surface area contributed by atoms with Crippen molar-refractivity contribution in [3.8, 4) is 11.3 Å². The fraction of sp³-hybridized carbons (Fsp3) is 0.250. The molecule has 0 saturated carbocycles. The SMILES string of the molecule is CCn1ncnc1[C@H](C)NC(=O)c1conc1-c1ccccc1. The van der Waals surface area contributed by atoms with Crippen LogP contribution in [0.1, 0.15) is 36.1 Å². The maximum atomic E-state index is 12.5. The Morgan fingerprint density at radius 3 is 2.87 bits per heavy atom. The van der Waals surface area contributed by atoms with Gasteiger partial charge >= 0.3 is 0 Å². The third kappa shape index (κ3) is 2.98. The monoisotopic (exact) mass is 311 g/mol. The van der Waals surface area contributed by atoms with Gasteiger partial charge in [0.05, 0.1) is 6.04 Å². The van der Waals surface area contributed by atoms with Crippen molar-refractivity contribution in [2.45, 2.75) is 26.4 Å². The van der Waals surface area contributed by atoms with E-state index in [4.69, 9.17) is 4.52 Å². The fourth-order valence-corrected chi connectivity index (χ4v) is 2.39. The van der Waals surface area contributed by atoms with Gasteiger partial charge in [0.1, 0.15) is 29.7 Å². The van der Waals surface area contributed by atoms with Crippen LogP contribution in [0.25, 0.3) is 11.3 Å². The van der Waals surface area contributed by atoms with Crippen molar-refractivity contribution in [2.75, 3.05) is 0 Å². The minimum atomic E-state index is -0.275. The third-order valence-electron chi connectivity index (χ3n) is 3.54. The first kappa shape index (κ1) is 15.0. The van der Waals surface area contributed by atoms with Crippen LogP contribution >= 0.6 is 0 Å². The number of hydrogen-bond donors (Lipinski definition) is 1. The van der Waals surface area contributed by atoms with E-state index in [1.165, 1.54) is 12.6 Å². The summed E-state index contributed by atoms with van der Waals surface area (Å²) in [6, 6.07) is 9.17. The normalized spacial score (nSPS) is 12.1. The second kappa shape index (κ2) is 6.43. The van der Waals surface area contributed by atoms with Gasteiger partial charge in [-0.1, -0.05) is 35.5 Å². The van der Waals surface area contributed by atoms with Crippen molar-refractivity contribution in [3.05, 3.63) is 54.3 Å². The molecule has 1 aromatic carbocycles. The average molecular weight is 311 g/mol. The first-order chi connectivity index (χ1) is 11.2. The zero-order valence-electron chi connectivity index (χ0n) is 12.9. The molecule has 0 aliphatic carbocycles. The fourth-order valence-electron chi connectivity index (χ4n) is 2.39. The van der Waals surface area contributed by atoms with E-state index in [0.29, 0.717) is 23.6 Å². The van der Waals surface area contributed by atoms with Crippen LogP contribution in [-0.2, 0) is 6.54 Å². The Morgan fingerprint density at radius 1 is 1.35 bits per heavy atom.